The van der Waals surface area contributed by atoms with Crippen LogP contribution in [0.4, 0.5) is 14.5 Å². The third kappa shape index (κ3) is 2.93. The lowest BCUT2D eigenvalue weighted by Crippen LogP contribution is -2.00. The van der Waals surface area contributed by atoms with Gasteiger partial charge in [-0.1, -0.05) is 6.07 Å². The molecule has 0 unspecified atom stereocenters. The minimum Gasteiger partial charge on any atom is -0.489 e. The molecule has 17 heavy (non-hydrogen) atoms. The van der Waals surface area contributed by atoms with Gasteiger partial charge < -0.3 is 10.5 Å². The zero-order valence-corrected chi connectivity index (χ0v) is 8.99. The van der Waals surface area contributed by atoms with Gasteiger partial charge in [0.15, 0.2) is 0 Å². The van der Waals surface area contributed by atoms with Crippen molar-refractivity contribution in [3.63, 3.8) is 0 Å². The summed E-state index contributed by atoms with van der Waals surface area (Å²) in [5.41, 5.74) is 6.66. The molecule has 0 atom stereocenters. The summed E-state index contributed by atoms with van der Waals surface area (Å²) in [4.78, 5) is 0. The Balaban J connectivity index is 2.04. The molecule has 2 nitrogen and oxygen atoms in total. The van der Waals surface area contributed by atoms with Crippen molar-refractivity contribution in [1.82, 2.24) is 0 Å². The highest BCUT2D eigenvalue weighted by atomic mass is 19.1. The fourth-order valence-electron chi connectivity index (χ4n) is 1.39. The number of anilines is 1. The van der Waals surface area contributed by atoms with Crippen molar-refractivity contribution in [3.05, 3.63) is 59.7 Å². The van der Waals surface area contributed by atoms with Crippen molar-refractivity contribution >= 4 is 5.69 Å². The summed E-state index contributed by atoms with van der Waals surface area (Å²) in [6.45, 7) is 0.220. The molecule has 0 aliphatic rings. The molecule has 0 aliphatic heterocycles. The first-order chi connectivity index (χ1) is 8.15. The van der Waals surface area contributed by atoms with Crippen LogP contribution in [0.2, 0.25) is 0 Å². The monoisotopic (exact) mass is 235 g/mol. The van der Waals surface area contributed by atoms with E-state index < -0.39 is 0 Å². The molecule has 2 aromatic carbocycles. The van der Waals surface area contributed by atoms with E-state index in [-0.39, 0.29) is 18.2 Å². The average Bonchev–Trinajstić information content (AvgIpc) is 2.30. The lowest BCUT2D eigenvalue weighted by Gasteiger charge is -2.08. The number of nitrogen functional groups attached to an aromatic ring is 1. The first-order valence-electron chi connectivity index (χ1n) is 5.07. The van der Waals surface area contributed by atoms with Gasteiger partial charge >= 0.3 is 0 Å². The van der Waals surface area contributed by atoms with Crippen molar-refractivity contribution in [2.24, 2.45) is 0 Å². The molecule has 0 aliphatic carbocycles. The van der Waals surface area contributed by atoms with Gasteiger partial charge in [0.2, 0.25) is 0 Å². The van der Waals surface area contributed by atoms with Crippen LogP contribution in [-0.4, -0.2) is 0 Å². The highest BCUT2D eigenvalue weighted by molar-refractivity contribution is 5.46. The van der Waals surface area contributed by atoms with Crippen LogP contribution in [0.1, 0.15) is 5.56 Å². The number of nitrogens with two attached hydrogens (primary N) is 1. The van der Waals surface area contributed by atoms with Gasteiger partial charge in [-0.3, -0.25) is 0 Å². The Morgan fingerprint density at radius 3 is 2.24 bits per heavy atom. The van der Waals surface area contributed by atoms with E-state index in [0.717, 1.165) is 0 Å². The average molecular weight is 235 g/mol. The van der Waals surface area contributed by atoms with E-state index in [1.807, 2.05) is 0 Å². The smallest absolute Gasteiger partial charge is 0.125 e. The number of ether oxygens (including phenoxy) is 1. The molecule has 2 rings (SSSR count). The number of benzene rings is 2. The second-order valence-corrected chi connectivity index (χ2v) is 3.59. The largest absolute Gasteiger partial charge is 0.489 e. The molecule has 88 valence electrons. The van der Waals surface area contributed by atoms with Gasteiger partial charge in [-0.05, 0) is 36.4 Å². The van der Waals surface area contributed by atoms with E-state index in [1.54, 1.807) is 6.07 Å². The molecule has 0 spiro atoms. The van der Waals surface area contributed by atoms with E-state index in [2.05, 4.69) is 0 Å². The molecule has 0 fully saturated rings. The Labute approximate surface area is 97.6 Å². The molecule has 0 radical (unpaired) electrons. The second kappa shape index (κ2) is 4.82. The summed E-state index contributed by atoms with van der Waals surface area (Å²) >= 11 is 0. The number of hydrogen-bond acceptors (Lipinski definition) is 2. The zero-order chi connectivity index (χ0) is 12.3. The zero-order valence-electron chi connectivity index (χ0n) is 8.99. The number of hydrogen-bond donors (Lipinski definition) is 1. The molecule has 0 heterocycles. The van der Waals surface area contributed by atoms with Gasteiger partial charge in [-0.15, -0.1) is 0 Å². The quantitative estimate of drug-likeness (QED) is 0.829. The molecule has 0 aromatic heterocycles. The molecule has 2 aromatic rings. The SMILES string of the molecule is Nc1cc(F)ccc1COc1ccc(F)cc1. The highest BCUT2D eigenvalue weighted by Gasteiger charge is 2.02. The van der Waals surface area contributed by atoms with Crippen molar-refractivity contribution in [1.29, 1.82) is 0 Å². The Kier molecular flexibility index (Phi) is 3.23. The van der Waals surface area contributed by atoms with Crippen LogP contribution in [0.25, 0.3) is 0 Å². The second-order valence-electron chi connectivity index (χ2n) is 3.59. The maximum atomic E-state index is 12.8. The summed E-state index contributed by atoms with van der Waals surface area (Å²) in [5.74, 6) is -0.165. The number of rotatable bonds is 3. The standard InChI is InChI=1S/C13H11F2NO/c14-10-3-5-12(6-4-10)17-8-9-1-2-11(15)7-13(9)16/h1-7H,8,16H2. The van der Waals surface area contributed by atoms with Crippen molar-refractivity contribution in [2.75, 3.05) is 5.73 Å². The van der Waals surface area contributed by atoms with Crippen LogP contribution in [0.3, 0.4) is 0 Å². The van der Waals surface area contributed by atoms with Gasteiger partial charge in [0.05, 0.1) is 0 Å². The van der Waals surface area contributed by atoms with Gasteiger partial charge in [-0.25, -0.2) is 8.78 Å². The van der Waals surface area contributed by atoms with Crippen LogP contribution in [0.15, 0.2) is 42.5 Å². The summed E-state index contributed by atoms with van der Waals surface area (Å²) < 4.78 is 30.8. The maximum absolute atomic E-state index is 12.8. The highest BCUT2D eigenvalue weighted by Crippen LogP contribution is 2.17. The lowest BCUT2D eigenvalue weighted by atomic mass is 10.2. The fraction of sp³-hybridized carbons (Fsp3) is 0.0769. The van der Waals surface area contributed by atoms with Crippen molar-refractivity contribution in [3.8, 4) is 5.75 Å². The normalized spacial score (nSPS) is 10.2. The van der Waals surface area contributed by atoms with E-state index in [1.165, 1.54) is 36.4 Å². The molecular formula is C13H11F2NO. The van der Waals surface area contributed by atoms with Crippen molar-refractivity contribution in [2.45, 2.75) is 6.61 Å². The molecule has 0 amide bonds. The Hall–Kier alpha value is -2.10. The third-order valence-electron chi connectivity index (χ3n) is 2.32. The van der Waals surface area contributed by atoms with Crippen LogP contribution >= 0.6 is 0 Å². The van der Waals surface area contributed by atoms with Crippen LogP contribution in [-0.2, 0) is 6.61 Å². The van der Waals surface area contributed by atoms with Crippen LogP contribution in [0.5, 0.6) is 5.75 Å². The van der Waals surface area contributed by atoms with Gasteiger partial charge in [0.25, 0.3) is 0 Å². The molecule has 2 N–H and O–H groups in total. The molecular weight excluding hydrogens is 224 g/mol. The summed E-state index contributed by atoms with van der Waals surface area (Å²) in [6.07, 6.45) is 0. The van der Waals surface area contributed by atoms with E-state index in [4.69, 9.17) is 10.5 Å². The minimum atomic E-state index is -0.381. The number of halogens is 2. The first-order valence-corrected chi connectivity index (χ1v) is 5.07. The van der Waals surface area contributed by atoms with Crippen LogP contribution in [0, 0.1) is 11.6 Å². The molecule has 4 heteroatoms. The Morgan fingerprint density at radius 2 is 1.59 bits per heavy atom. The molecule has 0 saturated heterocycles. The minimum absolute atomic E-state index is 0.220. The summed E-state index contributed by atoms with van der Waals surface area (Å²) in [5, 5.41) is 0. The van der Waals surface area contributed by atoms with Gasteiger partial charge in [-0.2, -0.15) is 0 Å². The predicted octanol–water partition coefficient (Wildman–Crippen LogP) is 3.13. The van der Waals surface area contributed by atoms with E-state index in [9.17, 15) is 8.78 Å². The Bertz CT molecular complexity index is 511. The Morgan fingerprint density at radius 1 is 0.941 bits per heavy atom. The maximum Gasteiger partial charge on any atom is 0.125 e. The summed E-state index contributed by atoms with van der Waals surface area (Å²) in [6, 6.07) is 9.79. The van der Waals surface area contributed by atoms with Gasteiger partial charge in [0.1, 0.15) is 24.0 Å². The van der Waals surface area contributed by atoms with E-state index in [0.29, 0.717) is 17.0 Å². The fourth-order valence-corrected chi connectivity index (χ4v) is 1.39. The molecule has 0 bridgehead atoms. The lowest BCUT2D eigenvalue weighted by molar-refractivity contribution is 0.306. The summed E-state index contributed by atoms with van der Waals surface area (Å²) in [7, 11) is 0. The van der Waals surface area contributed by atoms with Gasteiger partial charge in [0, 0.05) is 11.3 Å². The van der Waals surface area contributed by atoms with Crippen LogP contribution < -0.4 is 10.5 Å². The molecule has 0 saturated carbocycles. The predicted molar refractivity (Wildman–Crippen MR) is 61.5 cm³/mol. The van der Waals surface area contributed by atoms with E-state index >= 15 is 0 Å². The first kappa shape index (κ1) is 11.4. The topological polar surface area (TPSA) is 35.2 Å². The van der Waals surface area contributed by atoms with Crippen molar-refractivity contribution < 1.29 is 13.5 Å². The third-order valence-corrected chi connectivity index (χ3v) is 2.32.